The highest BCUT2D eigenvalue weighted by atomic mass is 14.9. The van der Waals surface area contributed by atoms with Gasteiger partial charge in [0.25, 0.3) is 0 Å². The Kier molecular flexibility index (Phi) is 6.88. The summed E-state index contributed by atoms with van der Waals surface area (Å²) in [5, 5.41) is 4.87. The Hall–Kier alpha value is -7.42. The zero-order valence-corrected chi connectivity index (χ0v) is 31.0. The molecule has 0 N–H and O–H groups in total. The molecular weight excluding hydrogens is 689 g/mol. The van der Waals surface area contributed by atoms with E-state index >= 15 is 0 Å². The quantitative estimate of drug-likeness (QED) is 0.181. The molecule has 1 heterocycles. The van der Waals surface area contributed by atoms with Crippen LogP contribution < -0.4 is 0 Å². The van der Waals surface area contributed by atoms with E-state index in [4.69, 9.17) is 9.97 Å². The lowest BCUT2D eigenvalue weighted by molar-refractivity contribution is 0.758. The predicted octanol–water partition coefficient (Wildman–Crippen LogP) is 13.8. The Labute approximate surface area is 331 Å². The number of fused-ring (bicyclic) bond motifs is 12. The fourth-order valence-corrected chi connectivity index (χ4v) is 9.71. The molecule has 2 aliphatic rings. The highest BCUT2D eigenvalue weighted by molar-refractivity contribution is 6.04. The van der Waals surface area contributed by atoms with Gasteiger partial charge < -0.3 is 0 Å². The van der Waals surface area contributed by atoms with Crippen molar-refractivity contribution in [2.24, 2.45) is 0 Å². The van der Waals surface area contributed by atoms with Crippen molar-refractivity contribution in [2.75, 3.05) is 0 Å². The van der Waals surface area contributed by atoms with Crippen LogP contribution in [-0.4, -0.2) is 9.97 Å². The molecule has 12 rings (SSSR count). The van der Waals surface area contributed by atoms with E-state index in [9.17, 15) is 0 Å². The molecule has 1 spiro atoms. The summed E-state index contributed by atoms with van der Waals surface area (Å²) in [6.45, 7) is 0. The minimum atomic E-state index is -0.648. The summed E-state index contributed by atoms with van der Waals surface area (Å²) in [5.74, 6) is 0.732. The van der Waals surface area contributed by atoms with Crippen LogP contribution in [0.25, 0.3) is 88.7 Å². The summed E-state index contributed by atoms with van der Waals surface area (Å²) in [6, 6.07) is 75.0. The van der Waals surface area contributed by atoms with Crippen LogP contribution in [0.3, 0.4) is 0 Å². The Morgan fingerprint density at radius 2 is 0.877 bits per heavy atom. The van der Waals surface area contributed by atoms with Crippen molar-refractivity contribution in [1.29, 1.82) is 0 Å². The summed E-state index contributed by atoms with van der Waals surface area (Å²) >= 11 is 0. The van der Waals surface area contributed by atoms with Gasteiger partial charge in [-0.3, -0.25) is 0 Å². The fourth-order valence-electron chi connectivity index (χ4n) is 9.71. The van der Waals surface area contributed by atoms with Gasteiger partial charge in [-0.2, -0.15) is 0 Å². The molecule has 0 radical (unpaired) electrons. The van der Waals surface area contributed by atoms with Gasteiger partial charge >= 0.3 is 0 Å². The highest BCUT2D eigenvalue weighted by Crippen LogP contribution is 2.64. The van der Waals surface area contributed by atoms with Crippen molar-refractivity contribution < 1.29 is 0 Å². The second-order valence-corrected chi connectivity index (χ2v) is 15.3. The van der Waals surface area contributed by atoms with Gasteiger partial charge in [0.1, 0.15) is 0 Å². The van der Waals surface area contributed by atoms with Gasteiger partial charge in [0, 0.05) is 16.7 Å². The van der Waals surface area contributed by atoms with Crippen molar-refractivity contribution in [3.05, 3.63) is 229 Å². The van der Waals surface area contributed by atoms with E-state index in [0.29, 0.717) is 0 Å². The molecule has 0 amide bonds. The molecule has 2 aliphatic carbocycles. The Morgan fingerprint density at radius 3 is 1.63 bits per heavy atom. The second kappa shape index (κ2) is 12.3. The van der Waals surface area contributed by atoms with Gasteiger partial charge in [-0.1, -0.05) is 194 Å². The zero-order chi connectivity index (χ0) is 37.5. The standard InChI is InChI=1S/C55H34N2/c1-2-15-39(16-3-1)54-56-52(46-22-12-18-38-14-6-7-19-43(38)46)51-47-32-31-42(37-27-25-36(26-28-37)41-30-29-35-13-4-5-17-40(35)33-41)34-50(47)55(53(51)57-54)48-23-10-8-20-44(48)45-21-9-11-24-49(45)55/h1-34H. The molecule has 0 saturated carbocycles. The zero-order valence-electron chi connectivity index (χ0n) is 31.0. The van der Waals surface area contributed by atoms with Crippen molar-refractivity contribution in [2.45, 2.75) is 5.41 Å². The molecule has 0 bridgehead atoms. The van der Waals surface area contributed by atoms with Crippen LogP contribution in [-0.2, 0) is 5.41 Å². The van der Waals surface area contributed by atoms with Crippen LogP contribution in [0.1, 0.15) is 22.4 Å². The first-order valence-electron chi connectivity index (χ1n) is 19.7. The molecule has 10 aromatic rings. The van der Waals surface area contributed by atoms with Gasteiger partial charge in [-0.25, -0.2) is 9.97 Å². The molecule has 264 valence electrons. The predicted molar refractivity (Wildman–Crippen MR) is 235 cm³/mol. The molecule has 0 fully saturated rings. The lowest BCUT2D eigenvalue weighted by Crippen LogP contribution is -2.27. The molecule has 9 aromatic carbocycles. The van der Waals surface area contributed by atoms with Crippen molar-refractivity contribution >= 4 is 21.5 Å². The maximum absolute atomic E-state index is 5.70. The maximum atomic E-state index is 5.70. The van der Waals surface area contributed by atoms with E-state index in [0.717, 1.165) is 33.9 Å². The average Bonchev–Trinajstić information content (AvgIpc) is 3.76. The third-order valence-corrected chi connectivity index (χ3v) is 12.3. The number of rotatable bonds is 4. The highest BCUT2D eigenvalue weighted by Gasteiger charge is 2.54. The molecule has 0 atom stereocenters. The van der Waals surface area contributed by atoms with Crippen molar-refractivity contribution in [1.82, 2.24) is 9.97 Å². The Morgan fingerprint density at radius 1 is 0.316 bits per heavy atom. The topological polar surface area (TPSA) is 25.8 Å². The van der Waals surface area contributed by atoms with Gasteiger partial charge in [0.15, 0.2) is 5.82 Å². The van der Waals surface area contributed by atoms with Crippen LogP contribution in [0.2, 0.25) is 0 Å². The molecule has 0 saturated heterocycles. The lowest BCUT2D eigenvalue weighted by atomic mass is 9.72. The van der Waals surface area contributed by atoms with E-state index in [1.807, 2.05) is 0 Å². The first-order chi connectivity index (χ1) is 28.3. The van der Waals surface area contributed by atoms with E-state index in [-0.39, 0.29) is 0 Å². The number of hydrogen-bond acceptors (Lipinski definition) is 2. The molecule has 2 heteroatoms. The normalized spacial score (nSPS) is 13.1. The first kappa shape index (κ1) is 31.9. The average molecular weight is 723 g/mol. The van der Waals surface area contributed by atoms with Crippen LogP contribution >= 0.6 is 0 Å². The molecule has 2 nitrogen and oxygen atoms in total. The Bertz CT molecular complexity index is 3180. The van der Waals surface area contributed by atoms with Crippen LogP contribution in [0.5, 0.6) is 0 Å². The maximum Gasteiger partial charge on any atom is 0.160 e. The van der Waals surface area contributed by atoms with Crippen molar-refractivity contribution in [3.8, 4) is 67.2 Å². The minimum absolute atomic E-state index is 0.648. The van der Waals surface area contributed by atoms with E-state index < -0.39 is 5.41 Å². The van der Waals surface area contributed by atoms with Gasteiger partial charge in [0.05, 0.1) is 16.8 Å². The third kappa shape index (κ3) is 4.65. The second-order valence-electron chi connectivity index (χ2n) is 15.3. The molecule has 1 aromatic heterocycles. The number of aromatic nitrogens is 2. The van der Waals surface area contributed by atoms with Crippen LogP contribution in [0, 0.1) is 0 Å². The number of nitrogens with zero attached hydrogens (tertiary/aromatic N) is 2. The van der Waals surface area contributed by atoms with Crippen molar-refractivity contribution in [3.63, 3.8) is 0 Å². The lowest BCUT2D eigenvalue weighted by Gasteiger charge is -2.30. The summed E-state index contributed by atoms with van der Waals surface area (Å²) < 4.78 is 0. The fraction of sp³-hybridized carbons (Fsp3) is 0.0182. The minimum Gasteiger partial charge on any atom is -0.231 e. The van der Waals surface area contributed by atoms with E-state index in [1.165, 1.54) is 77.2 Å². The van der Waals surface area contributed by atoms with Gasteiger partial charge in [-0.15, -0.1) is 0 Å². The molecule has 57 heavy (non-hydrogen) atoms. The van der Waals surface area contributed by atoms with Crippen LogP contribution in [0.15, 0.2) is 206 Å². The summed E-state index contributed by atoms with van der Waals surface area (Å²) in [6.07, 6.45) is 0. The smallest absolute Gasteiger partial charge is 0.160 e. The third-order valence-electron chi connectivity index (χ3n) is 12.3. The summed E-state index contributed by atoms with van der Waals surface area (Å²) in [4.78, 5) is 11.2. The monoisotopic (exact) mass is 722 g/mol. The molecular formula is C55H34N2. The Balaban J connectivity index is 1.13. The van der Waals surface area contributed by atoms with Gasteiger partial charge in [0.2, 0.25) is 0 Å². The largest absolute Gasteiger partial charge is 0.231 e. The first-order valence-corrected chi connectivity index (χ1v) is 19.7. The van der Waals surface area contributed by atoms with E-state index in [2.05, 4.69) is 206 Å². The summed E-state index contributed by atoms with van der Waals surface area (Å²) in [5.41, 5.74) is 16.8. The number of hydrogen-bond donors (Lipinski definition) is 0. The summed E-state index contributed by atoms with van der Waals surface area (Å²) in [7, 11) is 0. The van der Waals surface area contributed by atoms with Gasteiger partial charge in [-0.05, 0) is 89.3 Å². The van der Waals surface area contributed by atoms with E-state index in [1.54, 1.807) is 0 Å². The molecule has 0 aliphatic heterocycles. The number of benzene rings is 9. The van der Waals surface area contributed by atoms with Crippen LogP contribution in [0.4, 0.5) is 0 Å². The molecule has 0 unspecified atom stereocenters. The SMILES string of the molecule is c1ccc(-c2nc(-c3cccc4ccccc34)c3c(n2)C2(c4ccccc4-c4ccccc42)c2cc(-c4ccc(-c5ccc6ccccc6c5)cc4)ccc2-3)cc1.